The molecule has 0 aromatic rings. The van der Waals surface area contributed by atoms with E-state index in [1.165, 1.54) is 0 Å². The minimum atomic E-state index is -0.163. The number of allylic oxidation sites excluding steroid dienone is 2. The number of halogens is 1. The Morgan fingerprint density at radius 3 is 2.20 bits per heavy atom. The number of rotatable bonds is 1. The Kier molecular flexibility index (Phi) is 2.94. The summed E-state index contributed by atoms with van der Waals surface area (Å²) in [6, 6.07) is 0. The molecular formula is C8H11ClO. The first-order valence-corrected chi connectivity index (χ1v) is 4.03. The van der Waals surface area contributed by atoms with E-state index in [0.29, 0.717) is 0 Å². The Balaban J connectivity index is 2.41. The van der Waals surface area contributed by atoms with Crippen LogP contribution in [0.3, 0.4) is 0 Å². The molecule has 1 aliphatic carbocycles. The van der Waals surface area contributed by atoms with Crippen molar-refractivity contribution in [2.24, 2.45) is 5.92 Å². The molecule has 0 aromatic carbocycles. The van der Waals surface area contributed by atoms with E-state index in [9.17, 15) is 4.79 Å². The first-order valence-electron chi connectivity index (χ1n) is 3.65. The van der Waals surface area contributed by atoms with Crippen molar-refractivity contribution in [2.45, 2.75) is 25.7 Å². The molecule has 2 heteroatoms. The zero-order valence-corrected chi connectivity index (χ0v) is 6.60. The number of hydrogen-bond acceptors (Lipinski definition) is 1. The van der Waals surface area contributed by atoms with E-state index in [4.69, 9.17) is 11.6 Å². The van der Waals surface area contributed by atoms with Gasteiger partial charge in [0.15, 0.2) is 0 Å². The summed E-state index contributed by atoms with van der Waals surface area (Å²) >= 11 is 5.36. The lowest BCUT2D eigenvalue weighted by atomic mass is 10.0. The van der Waals surface area contributed by atoms with Gasteiger partial charge >= 0.3 is 0 Å². The van der Waals surface area contributed by atoms with E-state index < -0.39 is 0 Å². The summed E-state index contributed by atoms with van der Waals surface area (Å²) in [6.45, 7) is 0. The van der Waals surface area contributed by atoms with E-state index in [0.717, 1.165) is 25.7 Å². The third-order valence-electron chi connectivity index (χ3n) is 1.85. The molecule has 1 nitrogen and oxygen atoms in total. The number of hydrogen-bond donors (Lipinski definition) is 0. The molecule has 56 valence electrons. The fourth-order valence-electron chi connectivity index (χ4n) is 1.20. The Morgan fingerprint density at radius 1 is 1.30 bits per heavy atom. The van der Waals surface area contributed by atoms with Crippen LogP contribution >= 0.6 is 11.6 Å². The molecule has 0 atom stereocenters. The van der Waals surface area contributed by atoms with Crippen LogP contribution in [0.25, 0.3) is 0 Å². The van der Waals surface area contributed by atoms with Crippen molar-refractivity contribution in [3.05, 3.63) is 12.2 Å². The first-order chi connectivity index (χ1) is 4.80. The molecule has 0 amide bonds. The fraction of sp³-hybridized carbons (Fsp3) is 0.625. The molecule has 1 aliphatic rings. The summed E-state index contributed by atoms with van der Waals surface area (Å²) in [5.74, 6) is 0.108. The van der Waals surface area contributed by atoms with Crippen molar-refractivity contribution in [1.82, 2.24) is 0 Å². The smallest absolute Gasteiger partial charge is 0.224 e. The molecule has 0 spiro atoms. The fourth-order valence-corrected chi connectivity index (χ4v) is 1.42. The lowest BCUT2D eigenvalue weighted by Gasteiger charge is -2.05. The summed E-state index contributed by atoms with van der Waals surface area (Å²) in [5.41, 5.74) is 0. The van der Waals surface area contributed by atoms with Gasteiger partial charge in [-0.2, -0.15) is 0 Å². The standard InChI is InChI=1S/C8H11ClO/c9-8(10)7-5-3-1-2-4-6-7/h1-2,7H,3-6H2. The van der Waals surface area contributed by atoms with Crippen molar-refractivity contribution >= 4 is 16.8 Å². The van der Waals surface area contributed by atoms with Gasteiger partial charge in [0.1, 0.15) is 0 Å². The van der Waals surface area contributed by atoms with Gasteiger partial charge in [-0.15, -0.1) is 0 Å². The van der Waals surface area contributed by atoms with Crippen LogP contribution in [0.4, 0.5) is 0 Å². The summed E-state index contributed by atoms with van der Waals surface area (Å²) in [4.78, 5) is 10.7. The van der Waals surface area contributed by atoms with Crippen LogP contribution in [0, 0.1) is 5.92 Å². The Hall–Kier alpha value is -0.300. The Bertz CT molecular complexity index is 141. The number of carbonyl (C=O) groups excluding carboxylic acids is 1. The lowest BCUT2D eigenvalue weighted by Crippen LogP contribution is -2.06. The van der Waals surface area contributed by atoms with Crippen molar-refractivity contribution in [3.8, 4) is 0 Å². The first kappa shape index (κ1) is 7.80. The van der Waals surface area contributed by atoms with Crippen LogP contribution in [0.2, 0.25) is 0 Å². The Morgan fingerprint density at radius 2 is 1.80 bits per heavy atom. The second kappa shape index (κ2) is 3.77. The zero-order chi connectivity index (χ0) is 7.40. The van der Waals surface area contributed by atoms with Crippen molar-refractivity contribution in [2.75, 3.05) is 0 Å². The van der Waals surface area contributed by atoms with Crippen LogP contribution in [-0.4, -0.2) is 5.24 Å². The van der Waals surface area contributed by atoms with Gasteiger partial charge in [-0.3, -0.25) is 4.79 Å². The molecule has 0 bridgehead atoms. The normalized spacial score (nSPS) is 20.5. The van der Waals surface area contributed by atoms with E-state index in [2.05, 4.69) is 12.2 Å². The third kappa shape index (κ3) is 2.14. The molecule has 10 heavy (non-hydrogen) atoms. The quantitative estimate of drug-likeness (QED) is 0.423. The van der Waals surface area contributed by atoms with Gasteiger partial charge in [-0.1, -0.05) is 12.2 Å². The van der Waals surface area contributed by atoms with Gasteiger partial charge in [0, 0.05) is 5.92 Å². The highest BCUT2D eigenvalue weighted by Gasteiger charge is 2.15. The molecule has 0 N–H and O–H groups in total. The minimum absolute atomic E-state index is 0.108. The number of carbonyl (C=O) groups is 1. The highest BCUT2D eigenvalue weighted by atomic mass is 35.5. The summed E-state index contributed by atoms with van der Waals surface area (Å²) in [6.07, 6.45) is 8.11. The van der Waals surface area contributed by atoms with Gasteiger partial charge in [-0.05, 0) is 37.3 Å². The molecule has 0 unspecified atom stereocenters. The molecule has 0 aromatic heterocycles. The van der Waals surface area contributed by atoms with E-state index in [1.807, 2.05) is 0 Å². The van der Waals surface area contributed by atoms with E-state index >= 15 is 0 Å². The highest BCUT2D eigenvalue weighted by molar-refractivity contribution is 6.63. The van der Waals surface area contributed by atoms with E-state index in [-0.39, 0.29) is 11.2 Å². The van der Waals surface area contributed by atoms with Crippen LogP contribution < -0.4 is 0 Å². The van der Waals surface area contributed by atoms with Crippen LogP contribution in [0.15, 0.2) is 12.2 Å². The molecule has 0 aliphatic heterocycles. The second-order valence-corrected chi connectivity index (χ2v) is 3.00. The summed E-state index contributed by atoms with van der Waals surface area (Å²) in [7, 11) is 0. The van der Waals surface area contributed by atoms with Gasteiger partial charge < -0.3 is 0 Å². The maximum atomic E-state index is 10.7. The van der Waals surface area contributed by atoms with E-state index in [1.54, 1.807) is 0 Å². The van der Waals surface area contributed by atoms with Crippen molar-refractivity contribution in [3.63, 3.8) is 0 Å². The molecule has 0 radical (unpaired) electrons. The largest absolute Gasteiger partial charge is 0.281 e. The summed E-state index contributed by atoms with van der Waals surface area (Å²) in [5, 5.41) is -0.163. The molecule has 0 saturated heterocycles. The predicted molar refractivity (Wildman–Crippen MR) is 42.0 cm³/mol. The second-order valence-electron chi connectivity index (χ2n) is 2.63. The van der Waals surface area contributed by atoms with Crippen LogP contribution in [0.1, 0.15) is 25.7 Å². The minimum Gasteiger partial charge on any atom is -0.281 e. The lowest BCUT2D eigenvalue weighted by molar-refractivity contribution is -0.115. The van der Waals surface area contributed by atoms with Crippen LogP contribution in [-0.2, 0) is 4.79 Å². The van der Waals surface area contributed by atoms with Gasteiger partial charge in [0.25, 0.3) is 0 Å². The Labute approximate surface area is 66.1 Å². The maximum Gasteiger partial charge on any atom is 0.224 e. The average Bonchev–Trinajstić information content (AvgIpc) is 2.12. The molecule has 0 heterocycles. The molecule has 0 saturated carbocycles. The maximum absolute atomic E-state index is 10.7. The van der Waals surface area contributed by atoms with Crippen LogP contribution in [0.5, 0.6) is 0 Å². The van der Waals surface area contributed by atoms with Gasteiger partial charge in [0.2, 0.25) is 5.24 Å². The monoisotopic (exact) mass is 158 g/mol. The van der Waals surface area contributed by atoms with Crippen molar-refractivity contribution < 1.29 is 4.79 Å². The molecule has 1 rings (SSSR count). The topological polar surface area (TPSA) is 17.1 Å². The average molecular weight is 159 g/mol. The predicted octanol–water partition coefficient (Wildman–Crippen LogP) is 2.50. The molecular weight excluding hydrogens is 148 g/mol. The zero-order valence-electron chi connectivity index (χ0n) is 5.85. The highest BCUT2D eigenvalue weighted by Crippen LogP contribution is 2.20. The van der Waals surface area contributed by atoms with Gasteiger partial charge in [0.05, 0.1) is 0 Å². The molecule has 0 fully saturated rings. The van der Waals surface area contributed by atoms with Gasteiger partial charge in [-0.25, -0.2) is 0 Å². The van der Waals surface area contributed by atoms with Crippen molar-refractivity contribution in [1.29, 1.82) is 0 Å². The SMILES string of the molecule is O=C(Cl)C1CCC=CCC1. The third-order valence-corrected chi connectivity index (χ3v) is 2.16. The summed E-state index contributed by atoms with van der Waals surface area (Å²) < 4.78 is 0.